The molecule has 70 valence electrons. The van der Waals surface area contributed by atoms with Crippen LogP contribution in [0.1, 0.15) is 0 Å². The van der Waals surface area contributed by atoms with Crippen LogP contribution in [0.25, 0.3) is 0 Å². The van der Waals surface area contributed by atoms with Crippen molar-refractivity contribution in [1.82, 2.24) is 9.78 Å². The number of nitrogens with zero attached hydrogens (tertiary/aromatic N) is 3. The SMILES string of the molecule is O=C(O)Cn1nc([N+](=O)[O-])cc1I. The molecule has 8 heteroatoms. The molecular formula is C5H4IN3O4. The first-order valence-corrected chi connectivity index (χ1v) is 4.18. The predicted octanol–water partition coefficient (Wildman–Crippen LogP) is 0.481. The van der Waals surface area contributed by atoms with Crippen LogP contribution >= 0.6 is 22.6 Å². The van der Waals surface area contributed by atoms with Gasteiger partial charge in [0.2, 0.25) is 0 Å². The third-order valence-electron chi connectivity index (χ3n) is 1.19. The Morgan fingerprint density at radius 3 is 2.85 bits per heavy atom. The van der Waals surface area contributed by atoms with Gasteiger partial charge >= 0.3 is 11.8 Å². The number of rotatable bonds is 3. The van der Waals surface area contributed by atoms with Gasteiger partial charge in [-0.3, -0.25) is 4.79 Å². The second-order valence-corrected chi connectivity index (χ2v) is 3.24. The Morgan fingerprint density at radius 1 is 1.85 bits per heavy atom. The summed E-state index contributed by atoms with van der Waals surface area (Å²) in [5.41, 5.74) is 0. The smallest absolute Gasteiger partial charge is 0.391 e. The van der Waals surface area contributed by atoms with Crippen molar-refractivity contribution < 1.29 is 14.8 Å². The molecule has 0 unspecified atom stereocenters. The van der Waals surface area contributed by atoms with E-state index in [9.17, 15) is 14.9 Å². The standard InChI is InChI=1S/C5H4IN3O4/c6-3-1-4(9(12)13)7-8(3)2-5(10)11/h1H,2H2,(H,10,11). The monoisotopic (exact) mass is 297 g/mol. The van der Waals surface area contributed by atoms with Gasteiger partial charge < -0.3 is 15.2 Å². The van der Waals surface area contributed by atoms with Crippen LogP contribution in [0.4, 0.5) is 5.82 Å². The Morgan fingerprint density at radius 2 is 2.46 bits per heavy atom. The van der Waals surface area contributed by atoms with Gasteiger partial charge in [-0.15, -0.1) is 0 Å². The highest BCUT2D eigenvalue weighted by Crippen LogP contribution is 2.13. The van der Waals surface area contributed by atoms with Crippen molar-refractivity contribution in [2.24, 2.45) is 0 Å². The Labute approximate surface area is 85.6 Å². The summed E-state index contributed by atoms with van der Waals surface area (Å²) in [4.78, 5) is 19.8. The molecule has 1 heterocycles. The molecule has 0 atom stereocenters. The molecular weight excluding hydrogens is 293 g/mol. The van der Waals surface area contributed by atoms with E-state index in [4.69, 9.17) is 5.11 Å². The number of carboxylic acids is 1. The highest BCUT2D eigenvalue weighted by molar-refractivity contribution is 14.1. The lowest BCUT2D eigenvalue weighted by Crippen LogP contribution is -2.11. The maximum Gasteiger partial charge on any atom is 0.391 e. The van der Waals surface area contributed by atoms with E-state index in [1.807, 2.05) is 0 Å². The number of aliphatic carboxylic acids is 1. The van der Waals surface area contributed by atoms with Crippen LogP contribution in [0.5, 0.6) is 0 Å². The summed E-state index contributed by atoms with van der Waals surface area (Å²) in [5, 5.41) is 22.1. The van der Waals surface area contributed by atoms with Crippen molar-refractivity contribution >= 4 is 34.4 Å². The summed E-state index contributed by atoms with van der Waals surface area (Å²) in [6.07, 6.45) is 0. The number of aromatic nitrogens is 2. The molecule has 1 aromatic heterocycles. The van der Waals surface area contributed by atoms with Gasteiger partial charge in [0.25, 0.3) is 0 Å². The maximum absolute atomic E-state index is 10.3. The van der Waals surface area contributed by atoms with Gasteiger partial charge in [-0.1, -0.05) is 0 Å². The maximum atomic E-state index is 10.3. The van der Waals surface area contributed by atoms with E-state index >= 15 is 0 Å². The third-order valence-corrected chi connectivity index (χ3v) is 2.06. The molecule has 0 spiro atoms. The number of hydrogen-bond donors (Lipinski definition) is 1. The quantitative estimate of drug-likeness (QED) is 0.497. The van der Waals surface area contributed by atoms with Crippen LogP contribution in [0, 0.1) is 13.8 Å². The minimum absolute atomic E-state index is 0.342. The van der Waals surface area contributed by atoms with Crippen molar-refractivity contribution in [3.63, 3.8) is 0 Å². The van der Waals surface area contributed by atoms with Crippen molar-refractivity contribution in [1.29, 1.82) is 0 Å². The minimum atomic E-state index is -1.09. The summed E-state index contributed by atoms with van der Waals surface area (Å²) >= 11 is 1.78. The molecule has 0 saturated carbocycles. The zero-order valence-corrected chi connectivity index (χ0v) is 8.33. The van der Waals surface area contributed by atoms with E-state index < -0.39 is 10.9 Å². The van der Waals surface area contributed by atoms with Crippen LogP contribution in [-0.4, -0.2) is 25.8 Å². The molecule has 0 fully saturated rings. The van der Waals surface area contributed by atoms with Gasteiger partial charge in [0, 0.05) is 0 Å². The van der Waals surface area contributed by atoms with E-state index in [1.165, 1.54) is 6.07 Å². The lowest BCUT2D eigenvalue weighted by atomic mass is 10.6. The number of carboxylic acid groups (broad SMARTS) is 1. The Hall–Kier alpha value is -1.19. The van der Waals surface area contributed by atoms with E-state index in [0.29, 0.717) is 3.70 Å². The Balaban J connectivity index is 2.96. The molecule has 0 bridgehead atoms. The van der Waals surface area contributed by atoms with Crippen LogP contribution in [0.3, 0.4) is 0 Å². The highest BCUT2D eigenvalue weighted by atomic mass is 127. The second-order valence-electron chi connectivity index (χ2n) is 2.13. The molecule has 0 aliphatic heterocycles. The fourth-order valence-corrected chi connectivity index (χ4v) is 1.27. The first-order valence-electron chi connectivity index (χ1n) is 3.10. The van der Waals surface area contributed by atoms with Gasteiger partial charge in [0.15, 0.2) is 6.54 Å². The van der Waals surface area contributed by atoms with E-state index in [0.717, 1.165) is 4.68 Å². The van der Waals surface area contributed by atoms with Crippen LogP contribution < -0.4 is 0 Å². The topological polar surface area (TPSA) is 98.3 Å². The second kappa shape index (κ2) is 3.68. The first-order chi connectivity index (χ1) is 6.00. The van der Waals surface area contributed by atoms with Gasteiger partial charge in [-0.05, 0) is 27.5 Å². The largest absolute Gasteiger partial charge is 0.480 e. The molecule has 7 nitrogen and oxygen atoms in total. The molecule has 1 rings (SSSR count). The number of hydrogen-bond acceptors (Lipinski definition) is 4. The van der Waals surface area contributed by atoms with Crippen LogP contribution in [0.2, 0.25) is 0 Å². The molecule has 13 heavy (non-hydrogen) atoms. The number of nitro groups is 1. The molecule has 0 amide bonds. The van der Waals surface area contributed by atoms with Gasteiger partial charge in [-0.25, -0.2) is 0 Å². The predicted molar refractivity (Wildman–Crippen MR) is 49.2 cm³/mol. The van der Waals surface area contributed by atoms with Gasteiger partial charge in [0.1, 0.15) is 3.70 Å². The summed E-state index contributed by atoms with van der Waals surface area (Å²) in [6.45, 7) is -0.369. The average molecular weight is 297 g/mol. The minimum Gasteiger partial charge on any atom is -0.480 e. The Kier molecular flexibility index (Phi) is 2.80. The number of halogens is 1. The van der Waals surface area contributed by atoms with E-state index in [1.54, 1.807) is 22.6 Å². The fraction of sp³-hybridized carbons (Fsp3) is 0.200. The van der Waals surface area contributed by atoms with Crippen molar-refractivity contribution in [2.45, 2.75) is 6.54 Å². The number of carbonyl (C=O) groups is 1. The van der Waals surface area contributed by atoms with Gasteiger partial charge in [0.05, 0.1) is 11.2 Å². The van der Waals surface area contributed by atoms with Crippen LogP contribution in [0.15, 0.2) is 6.07 Å². The van der Waals surface area contributed by atoms with Crippen LogP contribution in [-0.2, 0) is 11.3 Å². The average Bonchev–Trinajstić information content (AvgIpc) is 2.31. The van der Waals surface area contributed by atoms with Crippen molar-refractivity contribution in [3.8, 4) is 0 Å². The molecule has 0 radical (unpaired) electrons. The first kappa shape index (κ1) is 9.89. The summed E-state index contributed by atoms with van der Waals surface area (Å²) in [6, 6.07) is 1.21. The third kappa shape index (κ3) is 2.37. The normalized spacial score (nSPS) is 9.92. The fourth-order valence-electron chi connectivity index (χ4n) is 0.710. The zero-order chi connectivity index (χ0) is 10.0. The van der Waals surface area contributed by atoms with Crippen molar-refractivity contribution in [2.75, 3.05) is 0 Å². The lowest BCUT2D eigenvalue weighted by molar-refractivity contribution is -0.389. The summed E-state index contributed by atoms with van der Waals surface area (Å²) in [7, 11) is 0. The Bertz CT molecular complexity index is 361. The summed E-state index contributed by atoms with van der Waals surface area (Å²) < 4.78 is 1.48. The molecule has 1 aromatic rings. The molecule has 0 aliphatic rings. The summed E-state index contributed by atoms with van der Waals surface area (Å²) in [5.74, 6) is -1.43. The van der Waals surface area contributed by atoms with Crippen molar-refractivity contribution in [3.05, 3.63) is 19.9 Å². The van der Waals surface area contributed by atoms with E-state index in [-0.39, 0.29) is 12.4 Å². The molecule has 1 N–H and O–H groups in total. The van der Waals surface area contributed by atoms with E-state index in [2.05, 4.69) is 5.10 Å². The molecule has 0 saturated heterocycles. The molecule has 0 aliphatic carbocycles. The lowest BCUT2D eigenvalue weighted by Gasteiger charge is -1.90. The zero-order valence-electron chi connectivity index (χ0n) is 6.18. The molecule has 0 aromatic carbocycles. The highest BCUT2D eigenvalue weighted by Gasteiger charge is 2.17. The van der Waals surface area contributed by atoms with Gasteiger partial charge in [-0.2, -0.15) is 4.68 Å².